The average Bonchev–Trinajstić information content (AvgIpc) is 2.80. The summed E-state index contributed by atoms with van der Waals surface area (Å²) in [6.45, 7) is 3.62. The highest BCUT2D eigenvalue weighted by atomic mass is 19.2. The van der Waals surface area contributed by atoms with Gasteiger partial charge in [0.05, 0.1) is 11.0 Å². The van der Waals surface area contributed by atoms with E-state index >= 15 is 0 Å². The minimum Gasteiger partial charge on any atom is -0.348 e. The molecule has 2 amide bonds. The summed E-state index contributed by atoms with van der Waals surface area (Å²) in [5.74, 6) is -5.54. The molecule has 3 rings (SSSR count). The van der Waals surface area contributed by atoms with E-state index in [1.54, 1.807) is 32.0 Å². The molecule has 0 aromatic heterocycles. The van der Waals surface area contributed by atoms with Gasteiger partial charge >= 0.3 is 0 Å². The van der Waals surface area contributed by atoms with Gasteiger partial charge in [0.25, 0.3) is 5.91 Å². The van der Waals surface area contributed by atoms with Crippen LogP contribution in [-0.2, 0) is 16.8 Å². The van der Waals surface area contributed by atoms with Gasteiger partial charge in [-0.2, -0.15) is 0 Å². The molecule has 1 aliphatic rings. The van der Waals surface area contributed by atoms with Crippen molar-refractivity contribution >= 4 is 17.5 Å². The van der Waals surface area contributed by atoms with Crippen molar-refractivity contribution in [3.05, 3.63) is 64.5 Å². The highest BCUT2D eigenvalue weighted by Gasteiger charge is 2.38. The number of halogens is 3. The van der Waals surface area contributed by atoms with Crippen molar-refractivity contribution in [2.24, 2.45) is 0 Å². The molecule has 0 saturated heterocycles. The highest BCUT2D eigenvalue weighted by molar-refractivity contribution is 6.05. The number of nitrogens with one attached hydrogen (secondary N) is 2. The minimum absolute atomic E-state index is 0.0504. The standard InChI is InChI=1S/C18H15F3N2O2/c1-18(2)11-7-9(3-6-13(11)23-17(18)25)8-22-16(24)10-4-5-12(19)15(21)14(10)20/h3-7H,8H2,1-2H3,(H,22,24)(H,23,25). The molecule has 2 N–H and O–H groups in total. The zero-order chi connectivity index (χ0) is 18.4. The van der Waals surface area contributed by atoms with Crippen LogP contribution in [0.4, 0.5) is 18.9 Å². The molecule has 4 nitrogen and oxygen atoms in total. The van der Waals surface area contributed by atoms with Crippen LogP contribution < -0.4 is 10.6 Å². The monoisotopic (exact) mass is 348 g/mol. The Hall–Kier alpha value is -2.83. The number of amides is 2. The summed E-state index contributed by atoms with van der Waals surface area (Å²) in [4.78, 5) is 23.9. The Morgan fingerprint density at radius 3 is 2.56 bits per heavy atom. The fourth-order valence-electron chi connectivity index (χ4n) is 2.71. The van der Waals surface area contributed by atoms with Gasteiger partial charge in [-0.15, -0.1) is 0 Å². The third-order valence-electron chi connectivity index (χ3n) is 4.31. The Labute approximate surface area is 142 Å². The van der Waals surface area contributed by atoms with E-state index in [4.69, 9.17) is 0 Å². The lowest BCUT2D eigenvalue weighted by atomic mass is 9.85. The second-order valence-electron chi connectivity index (χ2n) is 6.36. The highest BCUT2D eigenvalue weighted by Crippen LogP contribution is 2.37. The summed E-state index contributed by atoms with van der Waals surface area (Å²) < 4.78 is 39.8. The number of carbonyl (C=O) groups excluding carboxylic acids is 2. The first-order chi connectivity index (χ1) is 11.7. The second kappa shape index (κ2) is 5.91. The number of hydrogen-bond acceptors (Lipinski definition) is 2. The molecule has 0 aliphatic carbocycles. The molecular weight excluding hydrogens is 333 g/mol. The van der Waals surface area contributed by atoms with Crippen molar-refractivity contribution in [1.29, 1.82) is 0 Å². The summed E-state index contributed by atoms with van der Waals surface area (Å²) in [5.41, 5.74) is 0.929. The third kappa shape index (κ3) is 2.86. The van der Waals surface area contributed by atoms with E-state index in [0.29, 0.717) is 17.3 Å². The van der Waals surface area contributed by atoms with Crippen molar-refractivity contribution in [1.82, 2.24) is 5.32 Å². The molecule has 1 heterocycles. The lowest BCUT2D eigenvalue weighted by Gasteiger charge is -2.16. The summed E-state index contributed by atoms with van der Waals surface area (Å²) in [6, 6.07) is 6.79. The quantitative estimate of drug-likeness (QED) is 0.837. The third-order valence-corrected chi connectivity index (χ3v) is 4.31. The van der Waals surface area contributed by atoms with Gasteiger partial charge in [-0.3, -0.25) is 9.59 Å². The summed E-state index contributed by atoms with van der Waals surface area (Å²) in [6.07, 6.45) is 0. The molecule has 0 bridgehead atoms. The van der Waals surface area contributed by atoms with Crippen molar-refractivity contribution < 1.29 is 22.8 Å². The first kappa shape index (κ1) is 17.0. The molecule has 2 aromatic rings. The smallest absolute Gasteiger partial charge is 0.254 e. The fourth-order valence-corrected chi connectivity index (χ4v) is 2.71. The van der Waals surface area contributed by atoms with Crippen molar-refractivity contribution in [3.8, 4) is 0 Å². The first-order valence-corrected chi connectivity index (χ1v) is 7.58. The van der Waals surface area contributed by atoms with Crippen LogP contribution in [0.15, 0.2) is 30.3 Å². The normalized spacial score (nSPS) is 14.8. The van der Waals surface area contributed by atoms with Gasteiger partial charge in [0.15, 0.2) is 17.5 Å². The number of benzene rings is 2. The van der Waals surface area contributed by atoms with Crippen molar-refractivity contribution in [2.75, 3.05) is 5.32 Å². The topological polar surface area (TPSA) is 58.2 Å². The maximum absolute atomic E-state index is 13.6. The van der Waals surface area contributed by atoms with Crippen LogP contribution >= 0.6 is 0 Å². The zero-order valence-corrected chi connectivity index (χ0v) is 13.5. The Bertz CT molecular complexity index is 894. The number of anilines is 1. The lowest BCUT2D eigenvalue weighted by Crippen LogP contribution is -2.27. The van der Waals surface area contributed by atoms with Crippen LogP contribution in [0.25, 0.3) is 0 Å². The van der Waals surface area contributed by atoms with Crippen LogP contribution in [0.3, 0.4) is 0 Å². The van der Waals surface area contributed by atoms with E-state index in [9.17, 15) is 22.8 Å². The average molecular weight is 348 g/mol. The molecule has 0 spiro atoms. The van der Waals surface area contributed by atoms with Gasteiger partial charge in [0, 0.05) is 12.2 Å². The fraction of sp³-hybridized carbons (Fsp3) is 0.222. The zero-order valence-electron chi connectivity index (χ0n) is 13.5. The van der Waals surface area contributed by atoms with Crippen LogP contribution in [0, 0.1) is 17.5 Å². The predicted octanol–water partition coefficient (Wildman–Crippen LogP) is 3.26. The van der Waals surface area contributed by atoms with Gasteiger partial charge in [0.2, 0.25) is 5.91 Å². The number of hydrogen-bond donors (Lipinski definition) is 2. The molecular formula is C18H15F3N2O2. The summed E-state index contributed by atoms with van der Waals surface area (Å²) in [7, 11) is 0. The Morgan fingerprint density at radius 2 is 1.84 bits per heavy atom. The molecule has 0 fully saturated rings. The van der Waals surface area contributed by atoms with Crippen LogP contribution in [-0.4, -0.2) is 11.8 Å². The SMILES string of the molecule is CC1(C)C(=O)Nc2ccc(CNC(=O)c3ccc(F)c(F)c3F)cc21. The van der Waals surface area contributed by atoms with Gasteiger partial charge in [-0.1, -0.05) is 12.1 Å². The van der Waals surface area contributed by atoms with E-state index in [2.05, 4.69) is 10.6 Å². The number of rotatable bonds is 3. The van der Waals surface area contributed by atoms with Crippen LogP contribution in [0.5, 0.6) is 0 Å². The van der Waals surface area contributed by atoms with Gasteiger partial charge in [0.1, 0.15) is 0 Å². The van der Waals surface area contributed by atoms with Gasteiger partial charge in [-0.05, 0) is 43.2 Å². The molecule has 130 valence electrons. The van der Waals surface area contributed by atoms with Crippen LogP contribution in [0.1, 0.15) is 35.3 Å². The molecule has 0 radical (unpaired) electrons. The summed E-state index contributed by atoms with van der Waals surface area (Å²) in [5, 5.41) is 5.23. The molecule has 0 unspecified atom stereocenters. The molecule has 25 heavy (non-hydrogen) atoms. The molecule has 2 aromatic carbocycles. The molecule has 7 heteroatoms. The largest absolute Gasteiger partial charge is 0.348 e. The molecule has 1 aliphatic heterocycles. The van der Waals surface area contributed by atoms with Gasteiger partial charge < -0.3 is 10.6 Å². The Kier molecular flexibility index (Phi) is 4.02. The molecule has 0 saturated carbocycles. The second-order valence-corrected chi connectivity index (χ2v) is 6.36. The minimum atomic E-state index is -1.68. The Morgan fingerprint density at radius 1 is 1.12 bits per heavy atom. The molecule has 0 atom stereocenters. The maximum Gasteiger partial charge on any atom is 0.254 e. The first-order valence-electron chi connectivity index (χ1n) is 7.58. The van der Waals surface area contributed by atoms with Crippen molar-refractivity contribution in [3.63, 3.8) is 0 Å². The number of fused-ring (bicyclic) bond motifs is 1. The van der Waals surface area contributed by atoms with Crippen molar-refractivity contribution in [2.45, 2.75) is 25.8 Å². The van der Waals surface area contributed by atoms with E-state index in [1.807, 2.05) is 0 Å². The lowest BCUT2D eigenvalue weighted by molar-refractivity contribution is -0.119. The number of carbonyl (C=O) groups is 2. The van der Waals surface area contributed by atoms with E-state index in [0.717, 1.165) is 11.6 Å². The predicted molar refractivity (Wildman–Crippen MR) is 85.6 cm³/mol. The van der Waals surface area contributed by atoms with E-state index < -0.39 is 34.3 Å². The van der Waals surface area contributed by atoms with Crippen LogP contribution in [0.2, 0.25) is 0 Å². The van der Waals surface area contributed by atoms with Gasteiger partial charge in [-0.25, -0.2) is 13.2 Å². The Balaban J connectivity index is 1.77. The maximum atomic E-state index is 13.6. The van der Waals surface area contributed by atoms with E-state index in [1.165, 1.54) is 0 Å². The van der Waals surface area contributed by atoms with E-state index in [-0.39, 0.29) is 12.5 Å². The summed E-state index contributed by atoms with van der Waals surface area (Å²) >= 11 is 0.